The van der Waals surface area contributed by atoms with Crippen LogP contribution in [0.3, 0.4) is 0 Å². The van der Waals surface area contributed by atoms with Crippen molar-refractivity contribution in [2.75, 3.05) is 11.5 Å². The predicted molar refractivity (Wildman–Crippen MR) is 81.9 cm³/mol. The molecule has 1 aliphatic rings. The van der Waals surface area contributed by atoms with E-state index in [0.29, 0.717) is 0 Å². The Balaban J connectivity index is 2.66. The zero-order valence-electron chi connectivity index (χ0n) is 11.3. The van der Waals surface area contributed by atoms with Crippen LogP contribution in [-0.4, -0.2) is 48.0 Å². The van der Waals surface area contributed by atoms with Gasteiger partial charge in [0.15, 0.2) is 0 Å². The number of carbonyl (C=O) groups is 1. The second-order valence-electron chi connectivity index (χ2n) is 4.81. The molecule has 1 fully saturated rings. The molecule has 0 spiro atoms. The van der Waals surface area contributed by atoms with Crippen LogP contribution in [0.15, 0.2) is 0 Å². The molecule has 0 radical (unpaired) electrons. The van der Waals surface area contributed by atoms with Gasteiger partial charge >= 0.3 is 143 Å². The van der Waals surface area contributed by atoms with Gasteiger partial charge in [-0.05, 0) is 0 Å². The molecule has 0 amide bonds. The number of alkyl halides is 9. The van der Waals surface area contributed by atoms with Gasteiger partial charge in [-0.2, -0.15) is 0 Å². The molecular formula is C10H13F6I2NO3. The molecule has 132 valence electrons. The number of esters is 1. The monoisotopic (exact) mass is 563 g/mol. The predicted octanol–water partition coefficient (Wildman–Crippen LogP) is 2.95. The van der Waals surface area contributed by atoms with Crippen LogP contribution >= 0.6 is 42.7 Å². The van der Waals surface area contributed by atoms with E-state index in [9.17, 15) is 31.1 Å². The van der Waals surface area contributed by atoms with Crippen molar-refractivity contribution in [3.8, 4) is 0 Å². The van der Waals surface area contributed by atoms with E-state index in [1.165, 1.54) is 6.92 Å². The van der Waals surface area contributed by atoms with Gasteiger partial charge < -0.3 is 0 Å². The van der Waals surface area contributed by atoms with Crippen molar-refractivity contribution in [1.82, 2.24) is 3.53 Å². The van der Waals surface area contributed by atoms with Crippen LogP contribution in [0.2, 0.25) is 0 Å². The fourth-order valence-corrected chi connectivity index (χ4v) is 9.73. The Morgan fingerprint density at radius 2 is 1.68 bits per heavy atom. The zero-order valence-corrected chi connectivity index (χ0v) is 15.6. The summed E-state index contributed by atoms with van der Waals surface area (Å²) >= 11 is 0.320. The summed E-state index contributed by atoms with van der Waals surface area (Å²) in [7, 11) is 0. The van der Waals surface area contributed by atoms with Gasteiger partial charge in [-0.1, -0.05) is 0 Å². The summed E-state index contributed by atoms with van der Waals surface area (Å²) in [6, 6.07) is 0. The van der Waals surface area contributed by atoms with E-state index < -0.39 is 60.5 Å². The number of carbonyl (C=O) groups excluding carboxylic acids is 1. The topological polar surface area (TPSA) is 68.5 Å². The van der Waals surface area contributed by atoms with Crippen molar-refractivity contribution in [2.45, 2.75) is 38.8 Å². The number of ether oxygens (including phenoxy) is 1. The van der Waals surface area contributed by atoms with Gasteiger partial charge in [0.1, 0.15) is 0 Å². The van der Waals surface area contributed by atoms with Crippen molar-refractivity contribution in [3.63, 3.8) is 0 Å². The first kappa shape index (κ1) is 20.5. The SMILES string of the molecule is CI1NC1C(C)(I)C(=O)OCCC(O)(C(F)(F)F)C(F)(F)F. The third-order valence-corrected chi connectivity index (χ3v) is 9.67. The summed E-state index contributed by atoms with van der Waals surface area (Å²) in [5.41, 5.74) is -4.90. The van der Waals surface area contributed by atoms with Crippen molar-refractivity contribution in [3.05, 3.63) is 0 Å². The van der Waals surface area contributed by atoms with Gasteiger partial charge in [0.25, 0.3) is 0 Å². The molecule has 0 aromatic heterocycles. The van der Waals surface area contributed by atoms with Gasteiger partial charge in [0.2, 0.25) is 0 Å². The van der Waals surface area contributed by atoms with Crippen LogP contribution in [0.25, 0.3) is 0 Å². The summed E-state index contributed by atoms with van der Waals surface area (Å²) in [6.45, 7) is 0.311. The third-order valence-electron chi connectivity index (χ3n) is 3.06. The Bertz CT molecular complexity index is 425. The maximum atomic E-state index is 12.4. The molecule has 2 atom stereocenters. The van der Waals surface area contributed by atoms with E-state index in [1.807, 2.05) is 4.93 Å². The van der Waals surface area contributed by atoms with Crippen LogP contribution in [0, 0.1) is 0 Å². The van der Waals surface area contributed by atoms with Crippen LogP contribution < -0.4 is 3.53 Å². The molecule has 1 aliphatic heterocycles. The molecule has 2 N–H and O–H groups in total. The molecule has 4 nitrogen and oxygen atoms in total. The van der Waals surface area contributed by atoms with E-state index in [1.54, 1.807) is 22.6 Å². The number of hydrogen-bond acceptors (Lipinski definition) is 4. The Kier molecular flexibility index (Phi) is 5.94. The second kappa shape index (κ2) is 6.38. The van der Waals surface area contributed by atoms with E-state index in [4.69, 9.17) is 5.11 Å². The minimum absolute atomic E-state index is 0.117. The van der Waals surface area contributed by atoms with Gasteiger partial charge in [0.05, 0.1) is 0 Å². The molecule has 2 unspecified atom stereocenters. The number of rotatable bonds is 5. The van der Waals surface area contributed by atoms with Gasteiger partial charge in [-0.25, -0.2) is 0 Å². The normalized spacial score (nSPS) is 23.9. The van der Waals surface area contributed by atoms with Crippen LogP contribution in [0.1, 0.15) is 13.3 Å². The Morgan fingerprint density at radius 3 is 2.00 bits per heavy atom. The van der Waals surface area contributed by atoms with Gasteiger partial charge in [0, 0.05) is 0 Å². The Labute approximate surface area is 143 Å². The van der Waals surface area contributed by atoms with Crippen LogP contribution in [0.4, 0.5) is 26.3 Å². The molecular weight excluding hydrogens is 550 g/mol. The zero-order chi connectivity index (χ0) is 17.6. The summed E-state index contributed by atoms with van der Waals surface area (Å²) < 4.78 is 81.0. The summed E-state index contributed by atoms with van der Waals surface area (Å²) in [5.74, 6) is -0.904. The quantitative estimate of drug-likeness (QED) is 0.103. The fraction of sp³-hybridized carbons (Fsp3) is 0.900. The van der Waals surface area contributed by atoms with Crippen LogP contribution in [-0.2, 0) is 9.53 Å². The van der Waals surface area contributed by atoms with Gasteiger partial charge in [-0.3, -0.25) is 0 Å². The van der Waals surface area contributed by atoms with Gasteiger partial charge in [-0.15, -0.1) is 0 Å². The van der Waals surface area contributed by atoms with Crippen molar-refractivity contribution in [2.24, 2.45) is 0 Å². The molecule has 0 aromatic rings. The summed E-state index contributed by atoms with van der Waals surface area (Å²) in [5, 5.41) is 8.92. The third kappa shape index (κ3) is 4.09. The van der Waals surface area contributed by atoms with E-state index in [0.717, 1.165) is 0 Å². The van der Waals surface area contributed by atoms with Crippen molar-refractivity contribution < 1.29 is 41.0 Å². The summed E-state index contributed by atoms with van der Waals surface area (Å²) in [6.07, 6.45) is -13.6. The molecule has 1 heterocycles. The number of aliphatic hydroxyl groups is 1. The molecule has 0 aromatic carbocycles. The molecule has 0 aliphatic carbocycles. The number of halogens is 8. The number of hydrogen-bond donors (Lipinski definition) is 2. The van der Waals surface area contributed by atoms with E-state index >= 15 is 0 Å². The summed E-state index contributed by atoms with van der Waals surface area (Å²) in [4.78, 5) is 13.7. The average molecular weight is 563 g/mol. The fourth-order valence-electron chi connectivity index (χ4n) is 1.52. The Morgan fingerprint density at radius 1 is 1.27 bits per heavy atom. The molecule has 12 heteroatoms. The number of nitrogens with one attached hydrogen (secondary N) is 1. The first-order chi connectivity index (χ1) is 9.64. The molecule has 22 heavy (non-hydrogen) atoms. The van der Waals surface area contributed by atoms with Crippen molar-refractivity contribution in [1.29, 1.82) is 0 Å². The van der Waals surface area contributed by atoms with Crippen LogP contribution in [0.5, 0.6) is 0 Å². The minimum atomic E-state index is -5.91. The second-order valence-corrected chi connectivity index (χ2v) is 11.9. The first-order valence-corrected chi connectivity index (χ1v) is 11.3. The average Bonchev–Trinajstić information content (AvgIpc) is 3.03. The standard InChI is InChI=1S/C10H13F6I2NO3/c1-7(17,5-18(2)19-5)6(20)22-4-3-8(21,9(11,12)13)10(14,15)16/h5,19,21H,3-4H2,1-2H3. The molecule has 1 rings (SSSR count). The molecule has 0 bridgehead atoms. The van der Waals surface area contributed by atoms with E-state index in [2.05, 4.69) is 8.27 Å². The Hall–Kier alpha value is 0.430. The molecule has 0 saturated carbocycles. The maximum absolute atomic E-state index is 12.4. The first-order valence-electron chi connectivity index (χ1n) is 5.71. The van der Waals surface area contributed by atoms with E-state index in [-0.39, 0.29) is 4.05 Å². The van der Waals surface area contributed by atoms with Crippen molar-refractivity contribution >= 4 is 48.7 Å². The molecule has 1 saturated heterocycles.